The standard InChI is InChI=1S/C27H24N4O5/c1-16(2)30-14-18(15-31-25(33)19-6-3-4-7-20(19)26(31)34)36-23-21(27(30)35)8-5-9-22(23)29-24(32)17-10-12-28-13-11-17/h3-13,16,18H,14-15H2,1-2H3,(H,29,32)/t18-/m0/s1. The van der Waals surface area contributed by atoms with Gasteiger partial charge in [-0.05, 0) is 50.2 Å². The molecule has 0 saturated heterocycles. The fourth-order valence-electron chi connectivity index (χ4n) is 4.44. The van der Waals surface area contributed by atoms with Crippen molar-refractivity contribution in [3.8, 4) is 5.75 Å². The molecule has 9 heteroatoms. The van der Waals surface area contributed by atoms with E-state index in [0.717, 1.165) is 4.90 Å². The van der Waals surface area contributed by atoms with Crippen molar-refractivity contribution in [2.24, 2.45) is 0 Å². The second-order valence-electron chi connectivity index (χ2n) is 8.93. The highest BCUT2D eigenvalue weighted by molar-refractivity contribution is 6.21. The van der Waals surface area contributed by atoms with Crippen molar-refractivity contribution in [2.45, 2.75) is 26.0 Å². The molecule has 182 valence electrons. The van der Waals surface area contributed by atoms with Crippen molar-refractivity contribution in [3.05, 3.63) is 89.2 Å². The number of rotatable bonds is 5. The lowest BCUT2D eigenvalue weighted by Gasteiger charge is -2.29. The van der Waals surface area contributed by atoms with Crippen molar-refractivity contribution < 1.29 is 23.9 Å². The minimum atomic E-state index is -0.709. The predicted octanol–water partition coefficient (Wildman–Crippen LogP) is 3.24. The number of hydrogen-bond donors (Lipinski definition) is 1. The van der Waals surface area contributed by atoms with Gasteiger partial charge in [0.2, 0.25) is 0 Å². The van der Waals surface area contributed by atoms with E-state index in [0.29, 0.717) is 27.9 Å². The lowest BCUT2D eigenvalue weighted by Crippen LogP contribution is -2.47. The lowest BCUT2D eigenvalue weighted by molar-refractivity contribution is 0.0499. The fraction of sp³-hybridized carbons (Fsp3) is 0.222. The molecule has 0 saturated carbocycles. The molecule has 9 nitrogen and oxygen atoms in total. The van der Waals surface area contributed by atoms with Gasteiger partial charge in [-0.1, -0.05) is 18.2 Å². The smallest absolute Gasteiger partial charge is 0.261 e. The fourth-order valence-corrected chi connectivity index (χ4v) is 4.44. The quantitative estimate of drug-likeness (QED) is 0.557. The molecule has 0 bridgehead atoms. The number of nitrogens with zero attached hydrogens (tertiary/aromatic N) is 3. The van der Waals surface area contributed by atoms with Gasteiger partial charge in [0, 0.05) is 24.0 Å². The number of amides is 4. The van der Waals surface area contributed by atoms with Crippen molar-refractivity contribution in [1.29, 1.82) is 0 Å². The Morgan fingerprint density at radius 1 is 0.944 bits per heavy atom. The molecule has 0 aliphatic carbocycles. The molecule has 1 aromatic heterocycles. The largest absolute Gasteiger partial charge is 0.484 e. The van der Waals surface area contributed by atoms with Crippen molar-refractivity contribution in [2.75, 3.05) is 18.4 Å². The molecule has 0 radical (unpaired) electrons. The zero-order valence-corrected chi connectivity index (χ0v) is 19.8. The highest BCUT2D eigenvalue weighted by atomic mass is 16.5. The lowest BCUT2D eigenvalue weighted by atomic mass is 10.1. The average Bonchev–Trinajstić information content (AvgIpc) is 3.02. The van der Waals surface area contributed by atoms with Crippen LogP contribution < -0.4 is 10.1 Å². The molecule has 1 atom stereocenters. The molecular weight excluding hydrogens is 460 g/mol. The molecule has 0 spiro atoms. The number of pyridine rings is 1. The Bertz CT molecular complexity index is 1340. The Kier molecular flexibility index (Phi) is 5.97. The minimum Gasteiger partial charge on any atom is -0.484 e. The van der Waals surface area contributed by atoms with Gasteiger partial charge in [0.25, 0.3) is 23.6 Å². The van der Waals surface area contributed by atoms with E-state index in [2.05, 4.69) is 10.3 Å². The molecule has 4 amide bonds. The molecule has 1 N–H and O–H groups in total. The highest BCUT2D eigenvalue weighted by Gasteiger charge is 2.39. The minimum absolute atomic E-state index is 0.0467. The first kappa shape index (κ1) is 23.2. The Balaban J connectivity index is 1.48. The van der Waals surface area contributed by atoms with Gasteiger partial charge in [-0.2, -0.15) is 0 Å². The number of fused-ring (bicyclic) bond motifs is 2. The van der Waals surface area contributed by atoms with E-state index in [1.54, 1.807) is 59.5 Å². The van der Waals surface area contributed by atoms with Crippen molar-refractivity contribution in [3.63, 3.8) is 0 Å². The summed E-state index contributed by atoms with van der Waals surface area (Å²) < 4.78 is 6.30. The van der Waals surface area contributed by atoms with Crippen LogP contribution in [-0.2, 0) is 0 Å². The first-order chi connectivity index (χ1) is 17.3. The van der Waals surface area contributed by atoms with Crippen LogP contribution in [0.2, 0.25) is 0 Å². The second kappa shape index (κ2) is 9.26. The first-order valence-electron chi connectivity index (χ1n) is 11.6. The third-order valence-electron chi connectivity index (χ3n) is 6.27. The number of carbonyl (C=O) groups excluding carboxylic acids is 4. The summed E-state index contributed by atoms with van der Waals surface area (Å²) in [6, 6.07) is 14.6. The van der Waals surface area contributed by atoms with E-state index in [4.69, 9.17) is 4.74 Å². The summed E-state index contributed by atoms with van der Waals surface area (Å²) in [6.07, 6.45) is 2.32. The summed E-state index contributed by atoms with van der Waals surface area (Å²) in [6.45, 7) is 3.89. The van der Waals surface area contributed by atoms with Crippen LogP contribution in [0.1, 0.15) is 55.3 Å². The van der Waals surface area contributed by atoms with Crippen molar-refractivity contribution >= 4 is 29.3 Å². The van der Waals surface area contributed by atoms with Gasteiger partial charge in [0.05, 0.1) is 35.5 Å². The van der Waals surface area contributed by atoms with Gasteiger partial charge in [-0.15, -0.1) is 0 Å². The monoisotopic (exact) mass is 484 g/mol. The third-order valence-corrected chi connectivity index (χ3v) is 6.27. The first-order valence-corrected chi connectivity index (χ1v) is 11.6. The normalized spacial score (nSPS) is 17.0. The zero-order valence-electron chi connectivity index (χ0n) is 19.8. The van der Waals surface area contributed by atoms with Gasteiger partial charge >= 0.3 is 0 Å². The zero-order chi connectivity index (χ0) is 25.4. The number of anilines is 1. The average molecular weight is 485 g/mol. The van der Waals surface area contributed by atoms with Gasteiger partial charge < -0.3 is 15.0 Å². The molecule has 3 aromatic rings. The SMILES string of the molecule is CC(C)N1C[C@@H](CN2C(=O)c3ccccc3C2=O)Oc2c(NC(=O)c3ccncc3)cccc2C1=O. The van der Waals surface area contributed by atoms with Crippen LogP contribution in [0.15, 0.2) is 67.0 Å². The van der Waals surface area contributed by atoms with Crippen LogP contribution in [0.25, 0.3) is 0 Å². The van der Waals surface area contributed by atoms with E-state index in [9.17, 15) is 19.2 Å². The molecule has 2 aliphatic heterocycles. The van der Waals surface area contributed by atoms with Gasteiger partial charge in [-0.25, -0.2) is 0 Å². The van der Waals surface area contributed by atoms with Gasteiger partial charge in [-0.3, -0.25) is 29.1 Å². The van der Waals surface area contributed by atoms with Crippen molar-refractivity contribution in [1.82, 2.24) is 14.8 Å². The summed E-state index contributed by atoms with van der Waals surface area (Å²) in [5, 5.41) is 2.81. The van der Waals surface area contributed by atoms with Crippen LogP contribution in [0, 0.1) is 0 Å². The van der Waals surface area contributed by atoms with Crippen LogP contribution in [0.5, 0.6) is 5.75 Å². The molecule has 3 heterocycles. The number of aromatic nitrogens is 1. The third kappa shape index (κ3) is 4.08. The Labute approximate surface area is 207 Å². The van der Waals surface area contributed by atoms with Gasteiger partial charge in [0.15, 0.2) is 5.75 Å². The number of benzene rings is 2. The Hall–Kier alpha value is -4.53. The number of hydrogen-bond acceptors (Lipinski definition) is 6. The van der Waals surface area contributed by atoms with Crippen LogP contribution in [0.3, 0.4) is 0 Å². The number of para-hydroxylation sites is 1. The molecule has 2 aromatic carbocycles. The van der Waals surface area contributed by atoms with E-state index in [1.807, 2.05) is 13.8 Å². The van der Waals surface area contributed by atoms with E-state index >= 15 is 0 Å². The van der Waals surface area contributed by atoms with Crippen LogP contribution >= 0.6 is 0 Å². The van der Waals surface area contributed by atoms with Crippen LogP contribution in [-0.4, -0.2) is 63.6 Å². The Morgan fingerprint density at radius 2 is 1.58 bits per heavy atom. The maximum absolute atomic E-state index is 13.5. The van der Waals surface area contributed by atoms with Gasteiger partial charge in [0.1, 0.15) is 6.10 Å². The summed E-state index contributed by atoms with van der Waals surface area (Å²) in [4.78, 5) is 58.9. The summed E-state index contributed by atoms with van der Waals surface area (Å²) in [5.74, 6) is -1.24. The topological polar surface area (TPSA) is 109 Å². The molecule has 36 heavy (non-hydrogen) atoms. The number of imide groups is 1. The molecule has 0 fully saturated rings. The maximum Gasteiger partial charge on any atom is 0.261 e. The molecular formula is C27H24N4O5. The predicted molar refractivity (Wildman–Crippen MR) is 131 cm³/mol. The molecule has 5 rings (SSSR count). The summed E-state index contributed by atoms with van der Waals surface area (Å²) in [7, 11) is 0. The molecule has 2 aliphatic rings. The van der Waals surface area contributed by atoms with E-state index < -0.39 is 17.9 Å². The second-order valence-corrected chi connectivity index (χ2v) is 8.93. The van der Waals surface area contributed by atoms with E-state index in [-0.39, 0.29) is 36.7 Å². The van der Waals surface area contributed by atoms with Crippen LogP contribution in [0.4, 0.5) is 5.69 Å². The maximum atomic E-state index is 13.5. The number of nitrogens with one attached hydrogen (secondary N) is 1. The number of ether oxygens (including phenoxy) is 1. The molecule has 0 unspecified atom stereocenters. The summed E-state index contributed by atoms with van der Waals surface area (Å²) >= 11 is 0. The summed E-state index contributed by atoms with van der Waals surface area (Å²) in [5.41, 5.74) is 1.70. The van der Waals surface area contributed by atoms with E-state index in [1.165, 1.54) is 12.4 Å². The highest BCUT2D eigenvalue weighted by Crippen LogP contribution is 2.35. The Morgan fingerprint density at radius 3 is 2.22 bits per heavy atom. The number of carbonyl (C=O) groups is 4.